The Labute approximate surface area is 187 Å². The minimum Gasteiger partial charge on any atom is -0.508 e. The number of Topliss-reactive ketones (excluding diaryl/α,β-unsaturated/α-hetero) is 2. The molecule has 0 bridgehead atoms. The predicted octanol–water partition coefficient (Wildman–Crippen LogP) is -1.35. The number of primary amides is 1. The Morgan fingerprint density at radius 3 is 2.39 bits per heavy atom. The highest BCUT2D eigenvalue weighted by atomic mass is 16.4. The Kier molecular flexibility index (Phi) is 4.95. The van der Waals surface area contributed by atoms with Crippen LogP contribution in [0.5, 0.6) is 5.75 Å². The van der Waals surface area contributed by atoms with Crippen LogP contribution in [0.2, 0.25) is 0 Å². The van der Waals surface area contributed by atoms with Crippen molar-refractivity contribution in [2.45, 2.75) is 37.2 Å². The molecule has 1 amide bonds. The summed E-state index contributed by atoms with van der Waals surface area (Å²) in [4.78, 5) is 38.6. The number of nitrogens with one attached hydrogen (secondary N) is 1. The lowest BCUT2D eigenvalue weighted by atomic mass is 9.53. The molecule has 0 spiro atoms. The third-order valence-electron chi connectivity index (χ3n) is 6.94. The Bertz CT molecular complexity index is 1170. The van der Waals surface area contributed by atoms with Crippen molar-refractivity contribution >= 4 is 23.2 Å². The quantitative estimate of drug-likeness (QED) is 0.248. The van der Waals surface area contributed by atoms with Crippen LogP contribution >= 0.6 is 0 Å². The van der Waals surface area contributed by atoms with Crippen molar-refractivity contribution in [2.24, 2.45) is 17.6 Å². The smallest absolute Gasteiger partial charge is 0.255 e. The summed E-state index contributed by atoms with van der Waals surface area (Å²) in [7, 11) is 0. The van der Waals surface area contributed by atoms with Crippen LogP contribution in [0.1, 0.15) is 25.0 Å². The maximum absolute atomic E-state index is 13.7. The maximum Gasteiger partial charge on any atom is 0.255 e. The molecule has 33 heavy (non-hydrogen) atoms. The number of aliphatic hydroxyl groups excluding tert-OH is 3. The monoisotopic (exact) mass is 460 g/mol. The second-order valence-corrected chi connectivity index (χ2v) is 8.69. The van der Waals surface area contributed by atoms with E-state index in [2.05, 4.69) is 5.32 Å². The van der Waals surface area contributed by atoms with Gasteiger partial charge in [-0.3, -0.25) is 14.4 Å². The van der Waals surface area contributed by atoms with Crippen molar-refractivity contribution in [2.75, 3.05) is 6.54 Å². The lowest BCUT2D eigenvalue weighted by Gasteiger charge is -2.54. The zero-order valence-electron chi connectivity index (χ0n) is 17.7. The van der Waals surface area contributed by atoms with Gasteiger partial charge in [-0.15, -0.1) is 0 Å². The first kappa shape index (κ1) is 22.9. The number of nitrogens with two attached hydrogens (primary N) is 1. The van der Waals surface area contributed by atoms with Crippen LogP contribution in [0.3, 0.4) is 0 Å². The average molecular weight is 460 g/mol. The van der Waals surface area contributed by atoms with E-state index in [4.69, 9.17) is 5.73 Å². The van der Waals surface area contributed by atoms with E-state index in [-0.39, 0.29) is 17.7 Å². The van der Waals surface area contributed by atoms with E-state index in [0.717, 1.165) is 0 Å². The van der Waals surface area contributed by atoms with Gasteiger partial charge < -0.3 is 41.7 Å². The molecule has 0 aromatic heterocycles. The average Bonchev–Trinajstić information content (AvgIpc) is 2.72. The maximum atomic E-state index is 13.7. The van der Waals surface area contributed by atoms with Crippen LogP contribution in [0.4, 0.5) is 0 Å². The number of phenolic OH excluding ortho intramolecular Hbond substituents is 1. The zero-order valence-corrected chi connectivity index (χ0v) is 17.7. The Hall–Kier alpha value is -3.25. The fraction of sp³-hybridized carbons (Fsp3) is 0.409. The van der Waals surface area contributed by atoms with Gasteiger partial charge in [0.05, 0.1) is 40.7 Å². The van der Waals surface area contributed by atoms with E-state index in [1.54, 1.807) is 6.92 Å². The van der Waals surface area contributed by atoms with Crippen LogP contribution in [0, 0.1) is 11.8 Å². The molecule has 176 valence electrons. The van der Waals surface area contributed by atoms with Crippen LogP contribution < -0.4 is 11.1 Å². The van der Waals surface area contributed by atoms with Crippen molar-refractivity contribution in [3.05, 3.63) is 46.2 Å². The molecule has 0 saturated heterocycles. The lowest BCUT2D eigenvalue weighted by Crippen LogP contribution is -2.72. The summed E-state index contributed by atoms with van der Waals surface area (Å²) in [6.07, 6.45) is -1.88. The molecular formula is C22H24N2O9. The topological polar surface area (TPSA) is 211 Å². The second-order valence-electron chi connectivity index (χ2n) is 8.69. The number of fused-ring (bicyclic) bond motifs is 3. The summed E-state index contributed by atoms with van der Waals surface area (Å²) < 4.78 is 0. The number of hydrogen-bond donors (Lipinski definition) is 8. The number of likely N-dealkylation sites (N-methyl/N-ethyl adjacent to an activating group) is 1. The molecule has 4 rings (SSSR count). The fourth-order valence-electron chi connectivity index (χ4n) is 5.51. The molecule has 1 fully saturated rings. The van der Waals surface area contributed by atoms with Crippen LogP contribution in [0.15, 0.2) is 35.1 Å². The molecule has 5 unspecified atom stereocenters. The van der Waals surface area contributed by atoms with Gasteiger partial charge in [0.25, 0.3) is 5.91 Å². The third-order valence-corrected chi connectivity index (χ3v) is 6.94. The highest BCUT2D eigenvalue weighted by Crippen LogP contribution is 2.56. The molecule has 0 heterocycles. The number of carbonyl (C=O) groups is 3. The Balaban J connectivity index is 2.08. The first-order chi connectivity index (χ1) is 15.3. The predicted molar refractivity (Wildman–Crippen MR) is 111 cm³/mol. The molecule has 1 aromatic carbocycles. The van der Waals surface area contributed by atoms with Gasteiger partial charge in [-0.25, -0.2) is 0 Å². The Morgan fingerprint density at radius 2 is 1.82 bits per heavy atom. The molecule has 3 aliphatic rings. The van der Waals surface area contributed by atoms with Crippen molar-refractivity contribution in [1.82, 2.24) is 5.32 Å². The highest BCUT2D eigenvalue weighted by molar-refractivity contribution is 6.24. The largest absolute Gasteiger partial charge is 0.508 e. The number of rotatable bonds is 3. The normalized spacial score (nSPS) is 35.8. The molecule has 11 nitrogen and oxygen atoms in total. The zero-order chi connectivity index (χ0) is 24.6. The van der Waals surface area contributed by atoms with Crippen LogP contribution in [-0.2, 0) is 20.0 Å². The lowest BCUT2D eigenvalue weighted by molar-refractivity contribution is -0.176. The fourth-order valence-corrected chi connectivity index (χ4v) is 5.51. The number of hydrogen-bond acceptors (Lipinski definition) is 10. The SMILES string of the molecule is CCN[C@@H]1C(=O)C(C(N)=O)=C(O)C2(O)C(=O)C3=C(O)c4c(O)cccc4C(C)(O)C3C(O)C12. The summed E-state index contributed by atoms with van der Waals surface area (Å²) >= 11 is 0. The van der Waals surface area contributed by atoms with Crippen LogP contribution in [0.25, 0.3) is 5.76 Å². The molecule has 1 saturated carbocycles. The molecule has 0 aliphatic heterocycles. The first-order valence-corrected chi connectivity index (χ1v) is 10.3. The minimum absolute atomic E-state index is 0.00534. The highest BCUT2D eigenvalue weighted by Gasteiger charge is 2.69. The summed E-state index contributed by atoms with van der Waals surface area (Å²) in [5.74, 6) is -9.71. The van der Waals surface area contributed by atoms with E-state index < -0.39 is 81.1 Å². The number of aromatic hydroxyl groups is 1. The van der Waals surface area contributed by atoms with Crippen molar-refractivity contribution in [1.29, 1.82) is 0 Å². The molecule has 9 N–H and O–H groups in total. The van der Waals surface area contributed by atoms with Gasteiger partial charge in [0.1, 0.15) is 22.8 Å². The third kappa shape index (κ3) is 2.67. The van der Waals surface area contributed by atoms with Gasteiger partial charge in [0.2, 0.25) is 5.78 Å². The van der Waals surface area contributed by atoms with E-state index in [0.29, 0.717) is 0 Å². The number of amides is 1. The molecule has 11 heteroatoms. The summed E-state index contributed by atoms with van der Waals surface area (Å²) in [5, 5.41) is 68.9. The van der Waals surface area contributed by atoms with Crippen LogP contribution in [-0.4, -0.2) is 72.4 Å². The van der Waals surface area contributed by atoms with Gasteiger partial charge in [-0.1, -0.05) is 19.1 Å². The number of carbonyl (C=O) groups excluding carboxylic acids is 3. The Morgan fingerprint density at radius 1 is 1.18 bits per heavy atom. The molecule has 1 aromatic rings. The van der Waals surface area contributed by atoms with Crippen molar-refractivity contribution in [3.8, 4) is 5.75 Å². The van der Waals surface area contributed by atoms with Crippen molar-refractivity contribution in [3.63, 3.8) is 0 Å². The van der Waals surface area contributed by atoms with Gasteiger partial charge in [0, 0.05) is 0 Å². The molecule has 3 aliphatic carbocycles. The molecule has 6 atom stereocenters. The van der Waals surface area contributed by atoms with E-state index in [9.17, 15) is 45.0 Å². The summed E-state index contributed by atoms with van der Waals surface area (Å²) in [6, 6.07) is 2.46. The summed E-state index contributed by atoms with van der Waals surface area (Å²) in [5.41, 5.74) is -1.80. The number of benzene rings is 1. The van der Waals surface area contributed by atoms with Crippen molar-refractivity contribution < 1.29 is 45.0 Å². The van der Waals surface area contributed by atoms with Gasteiger partial charge in [-0.05, 0) is 25.1 Å². The second kappa shape index (κ2) is 7.12. The molecular weight excluding hydrogens is 436 g/mol. The summed E-state index contributed by atoms with van der Waals surface area (Å²) in [6.45, 7) is 2.96. The van der Waals surface area contributed by atoms with E-state index in [1.807, 2.05) is 0 Å². The standard InChI is InChI=1S/C22H24N2O9/c1-3-24-14-13-17(28)12-10(15(26)9-7(21(12,2)32)5-4-6-8(9)25)18(29)22(13,33)19(30)11(16(14)27)20(23)31/h4-6,12-14,17,24-26,28,30,32-33H,3H2,1-2H3,(H2,23,31)/t12?,13?,14-,17?,21?,22?/m0/s1. The minimum atomic E-state index is -3.03. The number of aliphatic hydroxyl groups is 5. The van der Waals surface area contributed by atoms with Gasteiger partial charge in [0.15, 0.2) is 11.4 Å². The van der Waals surface area contributed by atoms with E-state index in [1.165, 1.54) is 25.1 Å². The first-order valence-electron chi connectivity index (χ1n) is 10.3. The van der Waals surface area contributed by atoms with Gasteiger partial charge in [-0.2, -0.15) is 0 Å². The molecule has 0 radical (unpaired) electrons. The number of phenols is 1. The van der Waals surface area contributed by atoms with Gasteiger partial charge >= 0.3 is 0 Å². The number of ketones is 2. The van der Waals surface area contributed by atoms with E-state index >= 15 is 0 Å².